The molecule has 0 aromatic heterocycles. The number of fused-ring (bicyclic) bond motifs is 1. The van der Waals surface area contributed by atoms with E-state index in [2.05, 4.69) is 23.1 Å². The number of benzene rings is 3. The van der Waals surface area contributed by atoms with E-state index >= 15 is 0 Å². The van der Waals surface area contributed by atoms with Gasteiger partial charge in [0.05, 0.1) is 0 Å². The van der Waals surface area contributed by atoms with E-state index in [1.54, 1.807) is 12.1 Å². The van der Waals surface area contributed by atoms with E-state index in [-0.39, 0.29) is 17.8 Å². The van der Waals surface area contributed by atoms with Crippen LogP contribution in [-0.2, 0) is 19.4 Å². The highest BCUT2D eigenvalue weighted by Crippen LogP contribution is 2.27. The van der Waals surface area contributed by atoms with Crippen LogP contribution in [0.1, 0.15) is 46.3 Å². The zero-order valence-corrected chi connectivity index (χ0v) is 19.3. The standard InChI is InChI=1S/C29H31FN2O/c1-31(29(33)24-8-6-22(7-9-24)23-10-13-27(30)14-11-23)28-15-12-25-18-21(4-5-26(25)19-28)20-32-16-2-3-17-32/h4-11,13-14,18,28H,2-3,12,15-17,19-20H2,1H3/t28-/m0/s1. The smallest absolute Gasteiger partial charge is 0.253 e. The van der Waals surface area contributed by atoms with Crippen molar-refractivity contribution in [2.24, 2.45) is 0 Å². The Morgan fingerprint density at radius 1 is 0.939 bits per heavy atom. The number of aryl methyl sites for hydroxylation is 1. The lowest BCUT2D eigenvalue weighted by atomic mass is 9.86. The molecule has 170 valence electrons. The Hall–Kier alpha value is -2.98. The van der Waals surface area contributed by atoms with Gasteiger partial charge in [-0.1, -0.05) is 42.5 Å². The summed E-state index contributed by atoms with van der Waals surface area (Å²) >= 11 is 0. The van der Waals surface area contributed by atoms with Crippen LogP contribution in [0.4, 0.5) is 4.39 Å². The molecular weight excluding hydrogens is 411 g/mol. The van der Waals surface area contributed by atoms with Crippen molar-refractivity contribution < 1.29 is 9.18 Å². The van der Waals surface area contributed by atoms with Gasteiger partial charge in [-0.25, -0.2) is 4.39 Å². The second kappa shape index (κ2) is 9.48. The van der Waals surface area contributed by atoms with Gasteiger partial charge < -0.3 is 4.90 Å². The molecule has 1 aliphatic heterocycles. The summed E-state index contributed by atoms with van der Waals surface area (Å²) in [5.74, 6) is -0.191. The fraction of sp³-hybridized carbons (Fsp3) is 0.345. The second-order valence-electron chi connectivity index (χ2n) is 9.48. The molecule has 33 heavy (non-hydrogen) atoms. The summed E-state index contributed by atoms with van der Waals surface area (Å²) in [6.45, 7) is 3.50. The van der Waals surface area contributed by atoms with Crippen molar-refractivity contribution in [1.29, 1.82) is 0 Å². The summed E-state index contributed by atoms with van der Waals surface area (Å²) in [6.07, 6.45) is 5.57. The van der Waals surface area contributed by atoms with Crippen LogP contribution < -0.4 is 0 Å². The number of carbonyl (C=O) groups excluding carboxylic acids is 1. The maximum Gasteiger partial charge on any atom is 0.253 e. The summed E-state index contributed by atoms with van der Waals surface area (Å²) < 4.78 is 13.2. The summed E-state index contributed by atoms with van der Waals surface area (Å²) in [5, 5.41) is 0. The van der Waals surface area contributed by atoms with E-state index in [0.29, 0.717) is 5.56 Å². The maximum absolute atomic E-state index is 13.2. The summed E-state index contributed by atoms with van der Waals surface area (Å²) in [4.78, 5) is 17.6. The zero-order chi connectivity index (χ0) is 22.8. The molecule has 0 unspecified atom stereocenters. The molecule has 3 aromatic rings. The Morgan fingerprint density at radius 2 is 1.61 bits per heavy atom. The highest BCUT2D eigenvalue weighted by molar-refractivity contribution is 5.94. The molecule has 0 radical (unpaired) electrons. The number of amides is 1. The van der Waals surface area contributed by atoms with Gasteiger partial charge in [-0.3, -0.25) is 9.69 Å². The number of halogens is 1. The highest BCUT2D eigenvalue weighted by Gasteiger charge is 2.26. The van der Waals surface area contributed by atoms with Crippen molar-refractivity contribution in [2.45, 2.75) is 44.7 Å². The third-order valence-electron chi connectivity index (χ3n) is 7.26. The van der Waals surface area contributed by atoms with Crippen molar-refractivity contribution in [3.05, 3.63) is 94.8 Å². The van der Waals surface area contributed by atoms with Crippen molar-refractivity contribution >= 4 is 5.91 Å². The first-order chi connectivity index (χ1) is 16.1. The molecule has 0 spiro atoms. The molecule has 1 fully saturated rings. The summed E-state index contributed by atoms with van der Waals surface area (Å²) in [5.41, 5.74) is 6.85. The number of hydrogen-bond donors (Lipinski definition) is 0. The topological polar surface area (TPSA) is 23.6 Å². The first-order valence-corrected chi connectivity index (χ1v) is 12.0. The molecule has 1 heterocycles. The van der Waals surface area contributed by atoms with Crippen LogP contribution in [0.25, 0.3) is 11.1 Å². The van der Waals surface area contributed by atoms with Crippen LogP contribution in [0.3, 0.4) is 0 Å². The number of likely N-dealkylation sites (N-methyl/N-ethyl adjacent to an activating group) is 1. The third kappa shape index (κ3) is 4.86. The zero-order valence-electron chi connectivity index (χ0n) is 19.3. The Kier molecular flexibility index (Phi) is 6.28. The van der Waals surface area contributed by atoms with Gasteiger partial charge in [0.1, 0.15) is 5.82 Å². The van der Waals surface area contributed by atoms with Gasteiger partial charge in [0.25, 0.3) is 5.91 Å². The van der Waals surface area contributed by atoms with Crippen molar-refractivity contribution in [3.63, 3.8) is 0 Å². The van der Waals surface area contributed by atoms with Gasteiger partial charge in [0, 0.05) is 25.2 Å². The van der Waals surface area contributed by atoms with Crippen LogP contribution >= 0.6 is 0 Å². The summed E-state index contributed by atoms with van der Waals surface area (Å²) in [6, 6.07) is 21.2. The van der Waals surface area contributed by atoms with E-state index < -0.39 is 0 Å². The molecule has 2 aliphatic rings. The molecule has 5 rings (SSSR count). The monoisotopic (exact) mass is 442 g/mol. The van der Waals surface area contributed by atoms with E-state index in [1.165, 1.54) is 54.8 Å². The lowest BCUT2D eigenvalue weighted by Gasteiger charge is -2.33. The van der Waals surface area contributed by atoms with E-state index in [4.69, 9.17) is 0 Å². The highest BCUT2D eigenvalue weighted by atomic mass is 19.1. The van der Waals surface area contributed by atoms with Crippen LogP contribution in [0.2, 0.25) is 0 Å². The minimum atomic E-state index is -0.246. The van der Waals surface area contributed by atoms with Crippen molar-refractivity contribution in [2.75, 3.05) is 20.1 Å². The van der Waals surface area contributed by atoms with Crippen LogP contribution in [-0.4, -0.2) is 41.9 Å². The van der Waals surface area contributed by atoms with Crippen LogP contribution in [0, 0.1) is 5.82 Å². The molecule has 1 amide bonds. The summed E-state index contributed by atoms with van der Waals surface area (Å²) in [7, 11) is 1.92. The lowest BCUT2D eigenvalue weighted by Crippen LogP contribution is -2.40. The predicted molar refractivity (Wildman–Crippen MR) is 131 cm³/mol. The molecule has 3 aromatic carbocycles. The van der Waals surface area contributed by atoms with Crippen molar-refractivity contribution in [3.8, 4) is 11.1 Å². The Morgan fingerprint density at radius 3 is 2.30 bits per heavy atom. The largest absolute Gasteiger partial charge is 0.338 e. The fourth-order valence-electron chi connectivity index (χ4n) is 5.23. The van der Waals surface area contributed by atoms with Gasteiger partial charge in [0.2, 0.25) is 0 Å². The van der Waals surface area contributed by atoms with Gasteiger partial charge in [-0.15, -0.1) is 0 Å². The molecule has 1 atom stereocenters. The molecular formula is C29H31FN2O. The number of carbonyl (C=O) groups is 1. The molecule has 3 nitrogen and oxygen atoms in total. The van der Waals surface area contributed by atoms with Gasteiger partial charge >= 0.3 is 0 Å². The number of rotatable bonds is 5. The van der Waals surface area contributed by atoms with Gasteiger partial charge in [0.15, 0.2) is 0 Å². The SMILES string of the molecule is CN(C(=O)c1ccc(-c2ccc(F)cc2)cc1)[C@H]1CCc2cc(CN3CCCC3)ccc2C1. The molecule has 0 saturated carbocycles. The maximum atomic E-state index is 13.2. The lowest BCUT2D eigenvalue weighted by molar-refractivity contribution is 0.0719. The molecule has 0 bridgehead atoms. The van der Waals surface area contributed by atoms with Gasteiger partial charge in [-0.2, -0.15) is 0 Å². The number of likely N-dealkylation sites (tertiary alicyclic amines) is 1. The molecule has 1 saturated heterocycles. The van der Waals surface area contributed by atoms with Crippen molar-refractivity contribution in [1.82, 2.24) is 9.80 Å². The van der Waals surface area contributed by atoms with Crippen LogP contribution in [0.15, 0.2) is 66.7 Å². The minimum absolute atomic E-state index is 0.0553. The first-order valence-electron chi connectivity index (χ1n) is 12.0. The fourth-order valence-corrected chi connectivity index (χ4v) is 5.23. The Labute approximate surface area is 195 Å². The molecule has 1 aliphatic carbocycles. The number of hydrogen-bond acceptors (Lipinski definition) is 2. The van der Waals surface area contributed by atoms with Gasteiger partial charge in [-0.05, 0) is 97.3 Å². The van der Waals surface area contributed by atoms with Crippen LogP contribution in [0.5, 0.6) is 0 Å². The average molecular weight is 443 g/mol. The normalized spacial score (nSPS) is 18.2. The first kappa shape index (κ1) is 21.8. The average Bonchev–Trinajstić information content (AvgIpc) is 3.36. The molecule has 0 N–H and O–H groups in total. The quantitative estimate of drug-likeness (QED) is 0.505. The third-order valence-corrected chi connectivity index (χ3v) is 7.26. The Bertz CT molecular complexity index is 1120. The van der Waals surface area contributed by atoms with E-state index in [9.17, 15) is 9.18 Å². The van der Waals surface area contributed by atoms with E-state index in [1.807, 2.05) is 36.2 Å². The Balaban J connectivity index is 1.24. The molecule has 4 heteroatoms. The van der Waals surface area contributed by atoms with E-state index in [0.717, 1.165) is 36.9 Å². The predicted octanol–water partition coefficient (Wildman–Crippen LogP) is 5.72. The second-order valence-corrected chi connectivity index (χ2v) is 9.48. The minimum Gasteiger partial charge on any atom is -0.338 e. The number of nitrogens with zero attached hydrogens (tertiary/aromatic N) is 2.